The molecule has 5 heterocycles. The van der Waals surface area contributed by atoms with Crippen molar-refractivity contribution in [2.24, 2.45) is 5.92 Å². The maximum absolute atomic E-state index is 14.6. The molecular formula is C24H21F5N8O4S. The average molecular weight is 613 g/mol. The molecule has 1 aliphatic rings. The number of rotatable bonds is 6. The standard InChI is InChI=1S/C22H20F2N8O2S.C2HF3O2/c1-35(33,34)22-16(23)8-18(20(24)30-22)31-7-4-13(10-31)17(2-5-25)32-11-14(9-29-32)19-15-3-6-26-21(15)28-12-27-19;3-2(4,5)1(6)7/h3,6,8-9,11-13,17H,2,4,7,10H2,1H3,(H,26,27,28);(H,6,7)/t13-,17-;/m0./s1. The minimum atomic E-state index is -5.08. The number of carboxylic acid groups (broad SMARTS) is 1. The van der Waals surface area contributed by atoms with Gasteiger partial charge < -0.3 is 15.0 Å². The third-order valence-electron chi connectivity index (χ3n) is 6.45. The van der Waals surface area contributed by atoms with Crippen molar-refractivity contribution in [1.82, 2.24) is 29.7 Å². The van der Waals surface area contributed by atoms with Gasteiger partial charge in [0.2, 0.25) is 5.95 Å². The highest BCUT2D eigenvalue weighted by atomic mass is 32.2. The van der Waals surface area contributed by atoms with Crippen LogP contribution in [-0.4, -0.2) is 74.7 Å². The number of nitrogens with one attached hydrogen (secondary N) is 1. The number of sulfone groups is 1. The van der Waals surface area contributed by atoms with Crippen LogP contribution in [0.4, 0.5) is 27.6 Å². The van der Waals surface area contributed by atoms with Gasteiger partial charge in [0.15, 0.2) is 20.7 Å². The molecule has 4 aromatic heterocycles. The quantitative estimate of drug-likeness (QED) is 0.243. The number of alkyl halides is 3. The lowest BCUT2D eigenvalue weighted by atomic mass is 9.96. The van der Waals surface area contributed by atoms with Crippen LogP contribution < -0.4 is 4.90 Å². The molecule has 0 saturated carbocycles. The maximum atomic E-state index is 14.6. The Balaban J connectivity index is 0.000000517. The van der Waals surface area contributed by atoms with E-state index in [0.29, 0.717) is 30.9 Å². The van der Waals surface area contributed by atoms with Crippen LogP contribution in [0.2, 0.25) is 0 Å². The molecule has 0 amide bonds. The van der Waals surface area contributed by atoms with Gasteiger partial charge in [0.25, 0.3) is 0 Å². The minimum Gasteiger partial charge on any atom is -0.475 e. The van der Waals surface area contributed by atoms with Crippen LogP contribution in [-0.2, 0) is 14.6 Å². The molecule has 5 rings (SSSR count). The number of aromatic nitrogens is 6. The highest BCUT2D eigenvalue weighted by Gasteiger charge is 2.38. The fourth-order valence-electron chi connectivity index (χ4n) is 4.56. The van der Waals surface area contributed by atoms with Crippen molar-refractivity contribution in [2.45, 2.75) is 30.1 Å². The van der Waals surface area contributed by atoms with Gasteiger partial charge in [0, 0.05) is 54.7 Å². The van der Waals surface area contributed by atoms with E-state index in [1.165, 1.54) is 6.33 Å². The first-order chi connectivity index (χ1) is 19.7. The van der Waals surface area contributed by atoms with Crippen molar-refractivity contribution in [1.29, 1.82) is 5.26 Å². The van der Waals surface area contributed by atoms with Crippen LogP contribution >= 0.6 is 0 Å². The van der Waals surface area contributed by atoms with Crippen LogP contribution in [0.1, 0.15) is 18.9 Å². The second-order valence-corrected chi connectivity index (χ2v) is 11.2. The molecule has 1 fully saturated rings. The van der Waals surface area contributed by atoms with Crippen LogP contribution in [0.5, 0.6) is 0 Å². The number of nitrogens with zero attached hydrogens (tertiary/aromatic N) is 7. The lowest BCUT2D eigenvalue weighted by molar-refractivity contribution is -0.192. The molecule has 0 aromatic carbocycles. The summed E-state index contributed by atoms with van der Waals surface area (Å²) in [7, 11) is -4.00. The van der Waals surface area contributed by atoms with Gasteiger partial charge in [0.1, 0.15) is 12.0 Å². The Bertz CT molecular complexity index is 1770. The summed E-state index contributed by atoms with van der Waals surface area (Å²) in [6, 6.07) is 4.63. The van der Waals surface area contributed by atoms with Gasteiger partial charge >= 0.3 is 12.1 Å². The zero-order valence-corrected chi connectivity index (χ0v) is 22.4. The molecular weight excluding hydrogens is 591 g/mol. The van der Waals surface area contributed by atoms with Gasteiger partial charge in [-0.3, -0.25) is 4.68 Å². The summed E-state index contributed by atoms with van der Waals surface area (Å²) in [5.74, 6) is -4.99. The van der Waals surface area contributed by atoms with Crippen LogP contribution in [0.25, 0.3) is 22.3 Å². The van der Waals surface area contributed by atoms with E-state index in [-0.39, 0.29) is 24.1 Å². The summed E-state index contributed by atoms with van der Waals surface area (Å²) in [5, 5.41) is 21.0. The van der Waals surface area contributed by atoms with Crippen LogP contribution in [0.15, 0.2) is 42.1 Å². The number of H-pyrrole nitrogens is 1. The van der Waals surface area contributed by atoms with E-state index < -0.39 is 38.8 Å². The van der Waals surface area contributed by atoms with E-state index in [1.54, 1.807) is 22.0 Å². The molecule has 12 nitrogen and oxygen atoms in total. The maximum Gasteiger partial charge on any atom is 0.490 e. The first-order valence-corrected chi connectivity index (χ1v) is 13.9. The molecule has 18 heteroatoms. The molecule has 0 bridgehead atoms. The van der Waals surface area contributed by atoms with Crippen LogP contribution in [0.3, 0.4) is 0 Å². The van der Waals surface area contributed by atoms with E-state index in [0.717, 1.165) is 23.3 Å². The van der Waals surface area contributed by atoms with E-state index >= 15 is 0 Å². The summed E-state index contributed by atoms with van der Waals surface area (Å²) < 4.78 is 85.7. The molecule has 0 unspecified atom stereocenters. The lowest BCUT2D eigenvalue weighted by Crippen LogP contribution is -2.26. The van der Waals surface area contributed by atoms with Gasteiger partial charge in [-0.15, -0.1) is 0 Å². The zero-order chi connectivity index (χ0) is 30.8. The SMILES string of the molecule is CS(=O)(=O)c1nc(F)c(N2CC[C@H]([C@H](CC#N)n3cc(-c4ncnc5[nH]ccc45)cn3)C2)cc1F.O=C(O)C(F)(F)F. The second kappa shape index (κ2) is 11.7. The highest BCUT2D eigenvalue weighted by molar-refractivity contribution is 7.90. The number of aliphatic carboxylic acids is 1. The van der Waals surface area contributed by atoms with E-state index in [2.05, 4.69) is 31.1 Å². The Labute approximate surface area is 234 Å². The number of hydrogen-bond acceptors (Lipinski definition) is 9. The normalized spacial score (nSPS) is 16.1. The number of carbonyl (C=O) groups is 1. The summed E-state index contributed by atoms with van der Waals surface area (Å²) in [6.07, 6.45) is 3.20. The molecule has 42 heavy (non-hydrogen) atoms. The summed E-state index contributed by atoms with van der Waals surface area (Å²) in [5.41, 5.74) is 2.07. The van der Waals surface area contributed by atoms with Gasteiger partial charge in [-0.25, -0.2) is 32.6 Å². The van der Waals surface area contributed by atoms with Crippen molar-refractivity contribution in [3.8, 4) is 17.3 Å². The number of anilines is 1. The Kier molecular flexibility index (Phi) is 8.43. The van der Waals surface area contributed by atoms with Crippen molar-refractivity contribution in [3.63, 3.8) is 0 Å². The molecule has 1 saturated heterocycles. The first kappa shape index (κ1) is 30.3. The fraction of sp³-hybridized carbons (Fsp3) is 0.333. The monoisotopic (exact) mass is 612 g/mol. The number of pyridine rings is 1. The van der Waals surface area contributed by atoms with E-state index in [4.69, 9.17) is 9.90 Å². The Morgan fingerprint density at radius 2 is 2.02 bits per heavy atom. The topological polar surface area (TPSA) is 171 Å². The second-order valence-electron chi connectivity index (χ2n) is 9.26. The van der Waals surface area contributed by atoms with Crippen molar-refractivity contribution >= 4 is 32.5 Å². The van der Waals surface area contributed by atoms with E-state index in [1.807, 2.05) is 12.3 Å². The summed E-state index contributed by atoms with van der Waals surface area (Å²) >= 11 is 0. The number of nitriles is 1. The van der Waals surface area contributed by atoms with Gasteiger partial charge in [0.05, 0.1) is 36.1 Å². The highest BCUT2D eigenvalue weighted by Crippen LogP contribution is 2.35. The minimum absolute atomic E-state index is 0.0860. The van der Waals surface area contributed by atoms with Crippen molar-refractivity contribution in [3.05, 3.63) is 48.8 Å². The summed E-state index contributed by atoms with van der Waals surface area (Å²) in [4.78, 5) is 25.5. The molecule has 2 atom stereocenters. The van der Waals surface area contributed by atoms with Gasteiger partial charge in [-0.2, -0.15) is 27.9 Å². The molecule has 1 aliphatic heterocycles. The molecule has 0 spiro atoms. The smallest absolute Gasteiger partial charge is 0.475 e. The number of fused-ring (bicyclic) bond motifs is 1. The third-order valence-corrected chi connectivity index (χ3v) is 7.44. The Hall–Kier alpha value is -4.66. The van der Waals surface area contributed by atoms with Gasteiger partial charge in [-0.05, 0) is 12.5 Å². The number of carboxylic acids is 1. The van der Waals surface area contributed by atoms with Crippen molar-refractivity contribution in [2.75, 3.05) is 24.2 Å². The van der Waals surface area contributed by atoms with Crippen molar-refractivity contribution < 1.29 is 40.3 Å². The van der Waals surface area contributed by atoms with E-state index in [9.17, 15) is 35.6 Å². The lowest BCUT2D eigenvalue weighted by Gasteiger charge is -2.23. The Morgan fingerprint density at radius 3 is 2.67 bits per heavy atom. The fourth-order valence-corrected chi connectivity index (χ4v) is 5.22. The molecule has 2 N–H and O–H groups in total. The predicted molar refractivity (Wildman–Crippen MR) is 136 cm³/mol. The summed E-state index contributed by atoms with van der Waals surface area (Å²) in [6.45, 7) is 0.722. The molecule has 0 radical (unpaired) electrons. The van der Waals surface area contributed by atoms with Crippen LogP contribution in [0, 0.1) is 29.0 Å². The Morgan fingerprint density at radius 1 is 1.31 bits per heavy atom. The zero-order valence-electron chi connectivity index (χ0n) is 21.5. The third kappa shape index (κ3) is 6.46. The molecule has 0 aliphatic carbocycles. The number of halogens is 5. The molecule has 4 aromatic rings. The number of hydrogen-bond donors (Lipinski definition) is 2. The molecule has 222 valence electrons. The predicted octanol–water partition coefficient (Wildman–Crippen LogP) is 3.51. The van der Waals surface area contributed by atoms with Gasteiger partial charge in [-0.1, -0.05) is 0 Å². The average Bonchev–Trinajstić information content (AvgIpc) is 3.68. The first-order valence-electron chi connectivity index (χ1n) is 12.0. The largest absolute Gasteiger partial charge is 0.490 e. The number of aromatic amines is 1.